The van der Waals surface area contributed by atoms with Gasteiger partial charge in [-0.1, -0.05) is 37.1 Å². The number of aromatic carboxylic acids is 1. The van der Waals surface area contributed by atoms with E-state index >= 15 is 0 Å². The number of benzene rings is 1. The summed E-state index contributed by atoms with van der Waals surface area (Å²) in [6, 6.07) is 5.98. The second-order valence-corrected chi connectivity index (χ2v) is 5.52. The number of hydrogen-bond acceptors (Lipinski definition) is 5. The van der Waals surface area contributed by atoms with Gasteiger partial charge < -0.3 is 25.1 Å². The molecule has 2 atom stereocenters. The smallest absolute Gasteiger partial charge is 0.224 e. The summed E-state index contributed by atoms with van der Waals surface area (Å²) in [5.74, 6) is -4.00. The van der Waals surface area contributed by atoms with E-state index in [1.54, 1.807) is 12.1 Å². The molecular formula is C16H17NO5-2. The Balaban J connectivity index is 1.93. The van der Waals surface area contributed by atoms with Gasteiger partial charge in [-0.3, -0.25) is 4.79 Å². The van der Waals surface area contributed by atoms with Crippen LogP contribution in [0.2, 0.25) is 0 Å². The van der Waals surface area contributed by atoms with Crippen molar-refractivity contribution >= 4 is 17.8 Å². The Labute approximate surface area is 128 Å². The Bertz CT molecular complexity index is 566. The van der Waals surface area contributed by atoms with E-state index in [1.165, 1.54) is 12.1 Å². The molecule has 0 bridgehead atoms. The summed E-state index contributed by atoms with van der Waals surface area (Å²) in [6.45, 7) is 0.225. The number of carbonyl (C=O) groups excluding carboxylic acids is 3. The maximum absolute atomic E-state index is 12.2. The molecule has 1 amide bonds. The maximum atomic E-state index is 12.2. The fraction of sp³-hybridized carbons (Fsp3) is 0.438. The third-order valence-corrected chi connectivity index (χ3v) is 4.06. The van der Waals surface area contributed by atoms with Gasteiger partial charge in [0.25, 0.3) is 0 Å². The van der Waals surface area contributed by atoms with E-state index in [4.69, 9.17) is 0 Å². The molecule has 0 radical (unpaired) electrons. The average Bonchev–Trinajstić information content (AvgIpc) is 2.53. The molecular weight excluding hydrogens is 286 g/mol. The summed E-state index contributed by atoms with van der Waals surface area (Å²) in [5.41, 5.74) is 0.804. The zero-order valence-corrected chi connectivity index (χ0v) is 12.0. The van der Waals surface area contributed by atoms with Crippen molar-refractivity contribution in [3.63, 3.8) is 0 Å². The van der Waals surface area contributed by atoms with Crippen molar-refractivity contribution in [2.24, 2.45) is 11.8 Å². The molecule has 6 heteroatoms. The van der Waals surface area contributed by atoms with Crippen LogP contribution in [-0.2, 0) is 16.1 Å². The lowest BCUT2D eigenvalue weighted by Gasteiger charge is -2.31. The first-order valence-electron chi connectivity index (χ1n) is 7.28. The Morgan fingerprint density at radius 2 is 1.59 bits per heavy atom. The van der Waals surface area contributed by atoms with Crippen molar-refractivity contribution in [1.82, 2.24) is 5.32 Å². The summed E-state index contributed by atoms with van der Waals surface area (Å²) in [6.07, 6.45) is 2.66. The lowest BCUT2D eigenvalue weighted by atomic mass is 9.78. The number of carboxylic acids is 2. The van der Waals surface area contributed by atoms with E-state index in [-0.39, 0.29) is 18.0 Å². The second kappa shape index (κ2) is 7.06. The average molecular weight is 303 g/mol. The molecule has 0 saturated heterocycles. The van der Waals surface area contributed by atoms with Gasteiger partial charge in [-0.05, 0) is 24.0 Å². The van der Waals surface area contributed by atoms with Gasteiger partial charge in [0, 0.05) is 24.3 Å². The van der Waals surface area contributed by atoms with Gasteiger partial charge in [0.1, 0.15) is 0 Å². The largest absolute Gasteiger partial charge is 0.550 e. The summed E-state index contributed by atoms with van der Waals surface area (Å²) >= 11 is 0. The number of carbonyl (C=O) groups is 3. The molecule has 118 valence electrons. The fourth-order valence-electron chi connectivity index (χ4n) is 2.81. The van der Waals surface area contributed by atoms with Gasteiger partial charge in [-0.15, -0.1) is 0 Å². The molecule has 1 fully saturated rings. The van der Waals surface area contributed by atoms with Gasteiger partial charge in [-0.2, -0.15) is 0 Å². The lowest BCUT2D eigenvalue weighted by Crippen LogP contribution is -2.44. The normalized spacial score (nSPS) is 21.1. The van der Waals surface area contributed by atoms with E-state index in [9.17, 15) is 24.6 Å². The van der Waals surface area contributed by atoms with E-state index < -0.39 is 23.8 Å². The summed E-state index contributed by atoms with van der Waals surface area (Å²) in [5, 5.41) is 24.4. The van der Waals surface area contributed by atoms with Crippen LogP contribution in [-0.4, -0.2) is 17.8 Å². The molecule has 0 aromatic heterocycles. The van der Waals surface area contributed by atoms with Crippen LogP contribution in [0.25, 0.3) is 0 Å². The predicted molar refractivity (Wildman–Crippen MR) is 73.1 cm³/mol. The molecule has 0 heterocycles. The second-order valence-electron chi connectivity index (χ2n) is 5.52. The highest BCUT2D eigenvalue weighted by Crippen LogP contribution is 2.29. The van der Waals surface area contributed by atoms with Crippen molar-refractivity contribution in [2.75, 3.05) is 0 Å². The quantitative estimate of drug-likeness (QED) is 0.767. The molecule has 1 saturated carbocycles. The van der Waals surface area contributed by atoms with Gasteiger partial charge in [0.15, 0.2) is 0 Å². The van der Waals surface area contributed by atoms with Crippen molar-refractivity contribution in [3.8, 4) is 0 Å². The molecule has 1 aliphatic rings. The van der Waals surface area contributed by atoms with E-state index in [1.807, 2.05) is 0 Å². The maximum Gasteiger partial charge on any atom is 0.224 e. The van der Waals surface area contributed by atoms with E-state index in [0.717, 1.165) is 18.4 Å². The highest BCUT2D eigenvalue weighted by molar-refractivity contribution is 5.86. The van der Waals surface area contributed by atoms with E-state index in [0.29, 0.717) is 12.8 Å². The van der Waals surface area contributed by atoms with Crippen LogP contribution >= 0.6 is 0 Å². The number of nitrogens with one attached hydrogen (secondary N) is 1. The number of carboxylic acid groups (broad SMARTS) is 2. The first-order chi connectivity index (χ1) is 10.5. The lowest BCUT2D eigenvalue weighted by molar-refractivity contribution is -0.314. The zero-order chi connectivity index (χ0) is 16.1. The van der Waals surface area contributed by atoms with Crippen molar-refractivity contribution in [1.29, 1.82) is 0 Å². The summed E-state index contributed by atoms with van der Waals surface area (Å²) in [7, 11) is 0. The van der Waals surface area contributed by atoms with Crippen LogP contribution in [0.15, 0.2) is 24.3 Å². The van der Waals surface area contributed by atoms with Crippen LogP contribution in [0.4, 0.5) is 0 Å². The minimum absolute atomic E-state index is 0.0689. The van der Waals surface area contributed by atoms with E-state index in [2.05, 4.69) is 5.32 Å². The first kappa shape index (κ1) is 16.0. The molecule has 1 aromatic rings. The topological polar surface area (TPSA) is 109 Å². The van der Waals surface area contributed by atoms with Crippen molar-refractivity contribution in [2.45, 2.75) is 32.2 Å². The summed E-state index contributed by atoms with van der Waals surface area (Å²) < 4.78 is 0. The third kappa shape index (κ3) is 3.84. The molecule has 0 spiro atoms. The van der Waals surface area contributed by atoms with Crippen LogP contribution in [0, 0.1) is 11.8 Å². The molecule has 6 nitrogen and oxygen atoms in total. The van der Waals surface area contributed by atoms with Gasteiger partial charge in [0.2, 0.25) is 5.91 Å². The Hall–Kier alpha value is -2.37. The monoisotopic (exact) mass is 303 g/mol. The minimum Gasteiger partial charge on any atom is -0.550 e. The first-order valence-corrected chi connectivity index (χ1v) is 7.28. The predicted octanol–water partition coefficient (Wildman–Crippen LogP) is -0.777. The highest BCUT2D eigenvalue weighted by atomic mass is 16.4. The Morgan fingerprint density at radius 3 is 2.14 bits per heavy atom. The standard InChI is InChI=1S/C16H19NO5/c18-14(12-3-1-2-4-13(12)16(21)22)17-9-10-5-7-11(8-6-10)15(19)20/h5-8,12-13H,1-4,9H2,(H,17,18)(H,19,20)(H,21,22)/p-2/t12-,13+/m0/s1. The minimum atomic E-state index is -1.26. The molecule has 2 rings (SSSR count). The third-order valence-electron chi connectivity index (χ3n) is 4.06. The van der Waals surface area contributed by atoms with Crippen LogP contribution in [0.5, 0.6) is 0 Å². The van der Waals surface area contributed by atoms with Crippen LogP contribution < -0.4 is 15.5 Å². The van der Waals surface area contributed by atoms with Crippen LogP contribution in [0.1, 0.15) is 41.6 Å². The van der Waals surface area contributed by atoms with Crippen molar-refractivity contribution < 1.29 is 24.6 Å². The molecule has 0 aliphatic heterocycles. The molecule has 1 aliphatic carbocycles. The molecule has 22 heavy (non-hydrogen) atoms. The van der Waals surface area contributed by atoms with Gasteiger partial charge >= 0.3 is 0 Å². The van der Waals surface area contributed by atoms with Crippen molar-refractivity contribution in [3.05, 3.63) is 35.4 Å². The number of amides is 1. The SMILES string of the molecule is O=C([O-])c1ccc(CNC(=O)[C@H]2CCCC[C@H]2C(=O)[O-])cc1. The number of rotatable bonds is 5. The molecule has 1 aromatic carbocycles. The summed E-state index contributed by atoms with van der Waals surface area (Å²) in [4.78, 5) is 33.9. The Morgan fingerprint density at radius 1 is 1.00 bits per heavy atom. The Kier molecular flexibility index (Phi) is 5.14. The number of hydrogen-bond donors (Lipinski definition) is 1. The van der Waals surface area contributed by atoms with Gasteiger partial charge in [0.05, 0.1) is 5.97 Å². The fourth-order valence-corrected chi connectivity index (χ4v) is 2.81. The van der Waals surface area contributed by atoms with Crippen LogP contribution in [0.3, 0.4) is 0 Å². The molecule has 0 unspecified atom stereocenters. The number of aliphatic carboxylic acids is 1. The van der Waals surface area contributed by atoms with Gasteiger partial charge in [-0.25, -0.2) is 0 Å². The molecule has 1 N–H and O–H groups in total. The highest BCUT2D eigenvalue weighted by Gasteiger charge is 2.31. The zero-order valence-electron chi connectivity index (χ0n) is 12.0.